The van der Waals surface area contributed by atoms with Gasteiger partial charge in [0.2, 0.25) is 0 Å². The second-order valence-electron chi connectivity index (χ2n) is 4.93. The van der Waals surface area contributed by atoms with Crippen LogP contribution in [0.2, 0.25) is 0 Å². The molecule has 1 heterocycles. The molecular weight excluding hydrogens is 278 g/mol. The van der Waals surface area contributed by atoms with Crippen molar-refractivity contribution in [3.63, 3.8) is 0 Å². The minimum Gasteiger partial charge on any atom is -0.488 e. The molecule has 0 bridgehead atoms. The van der Waals surface area contributed by atoms with E-state index in [1.165, 1.54) is 0 Å². The van der Waals surface area contributed by atoms with E-state index in [0.717, 1.165) is 11.1 Å². The van der Waals surface area contributed by atoms with Crippen LogP contribution in [-0.4, -0.2) is 11.7 Å². The molecule has 0 unspecified atom stereocenters. The Morgan fingerprint density at radius 1 is 1.09 bits per heavy atom. The summed E-state index contributed by atoms with van der Waals surface area (Å²) in [6, 6.07) is 17.5. The SMILES string of the molecule is CC1=NOC(=O)C1=Cc1ccccc1OCc1ccccc1. The molecule has 0 spiro atoms. The van der Waals surface area contributed by atoms with Crippen molar-refractivity contribution < 1.29 is 14.4 Å². The Bertz CT molecular complexity index is 748. The summed E-state index contributed by atoms with van der Waals surface area (Å²) in [6.07, 6.45) is 1.74. The molecule has 110 valence electrons. The minimum atomic E-state index is -0.435. The topological polar surface area (TPSA) is 47.9 Å². The number of nitrogens with zero attached hydrogens (tertiary/aromatic N) is 1. The lowest BCUT2D eigenvalue weighted by Gasteiger charge is -2.09. The van der Waals surface area contributed by atoms with E-state index >= 15 is 0 Å². The maximum Gasteiger partial charge on any atom is 0.367 e. The monoisotopic (exact) mass is 293 g/mol. The van der Waals surface area contributed by atoms with Crippen LogP contribution < -0.4 is 4.74 Å². The van der Waals surface area contributed by atoms with Gasteiger partial charge in [-0.1, -0.05) is 53.7 Å². The number of carbonyl (C=O) groups excluding carboxylic acids is 1. The standard InChI is InChI=1S/C18H15NO3/c1-13-16(18(20)22-19-13)11-15-9-5-6-10-17(15)21-12-14-7-3-2-4-8-14/h2-11H,12H2,1H3. The smallest absolute Gasteiger partial charge is 0.367 e. The van der Waals surface area contributed by atoms with Crippen molar-refractivity contribution in [1.82, 2.24) is 0 Å². The molecule has 22 heavy (non-hydrogen) atoms. The highest BCUT2D eigenvalue weighted by molar-refractivity contribution is 6.24. The first-order valence-electron chi connectivity index (χ1n) is 6.98. The van der Waals surface area contributed by atoms with Gasteiger partial charge in [0.25, 0.3) is 0 Å². The Labute approximate surface area is 128 Å². The third-order valence-electron chi connectivity index (χ3n) is 3.33. The van der Waals surface area contributed by atoms with Gasteiger partial charge < -0.3 is 9.57 Å². The molecule has 0 fully saturated rings. The zero-order chi connectivity index (χ0) is 15.4. The van der Waals surface area contributed by atoms with Crippen LogP contribution in [0.3, 0.4) is 0 Å². The highest BCUT2D eigenvalue weighted by atomic mass is 16.7. The third kappa shape index (κ3) is 3.06. The first kappa shape index (κ1) is 14.1. The normalized spacial score (nSPS) is 15.6. The van der Waals surface area contributed by atoms with Gasteiger partial charge in [-0.25, -0.2) is 4.79 Å². The fourth-order valence-electron chi connectivity index (χ4n) is 2.14. The van der Waals surface area contributed by atoms with Crippen LogP contribution in [0.15, 0.2) is 65.3 Å². The Morgan fingerprint density at radius 2 is 1.82 bits per heavy atom. The highest BCUT2D eigenvalue weighted by Gasteiger charge is 2.22. The molecule has 0 aromatic heterocycles. The van der Waals surface area contributed by atoms with E-state index < -0.39 is 5.97 Å². The Kier molecular flexibility index (Phi) is 4.01. The van der Waals surface area contributed by atoms with Crippen molar-refractivity contribution in [2.75, 3.05) is 0 Å². The van der Waals surface area contributed by atoms with Gasteiger partial charge in [0.05, 0.1) is 11.3 Å². The lowest BCUT2D eigenvalue weighted by Crippen LogP contribution is -2.02. The number of para-hydroxylation sites is 1. The van der Waals surface area contributed by atoms with Gasteiger partial charge in [-0.2, -0.15) is 0 Å². The second kappa shape index (κ2) is 6.26. The van der Waals surface area contributed by atoms with Gasteiger partial charge >= 0.3 is 5.97 Å². The summed E-state index contributed by atoms with van der Waals surface area (Å²) in [4.78, 5) is 16.3. The van der Waals surface area contributed by atoms with Crippen molar-refractivity contribution in [1.29, 1.82) is 0 Å². The average molecular weight is 293 g/mol. The maximum atomic E-state index is 11.6. The number of hydrogen-bond acceptors (Lipinski definition) is 4. The van der Waals surface area contributed by atoms with Gasteiger partial charge in [-0.15, -0.1) is 0 Å². The summed E-state index contributed by atoms with van der Waals surface area (Å²) in [5.74, 6) is 0.279. The fourth-order valence-corrected chi connectivity index (χ4v) is 2.14. The van der Waals surface area contributed by atoms with Crippen molar-refractivity contribution >= 4 is 17.8 Å². The molecule has 0 aliphatic carbocycles. The minimum absolute atomic E-state index is 0.435. The molecule has 1 aliphatic rings. The lowest BCUT2D eigenvalue weighted by molar-refractivity contribution is -0.136. The molecule has 0 atom stereocenters. The second-order valence-corrected chi connectivity index (χ2v) is 4.93. The number of benzene rings is 2. The summed E-state index contributed by atoms with van der Waals surface area (Å²) in [5, 5.41) is 3.68. The Morgan fingerprint density at radius 3 is 2.55 bits per heavy atom. The summed E-state index contributed by atoms with van der Waals surface area (Å²) in [7, 11) is 0. The van der Waals surface area contributed by atoms with Gasteiger partial charge in [0, 0.05) is 5.56 Å². The van der Waals surface area contributed by atoms with E-state index in [1.807, 2.05) is 54.6 Å². The number of rotatable bonds is 4. The first-order valence-corrected chi connectivity index (χ1v) is 6.98. The van der Waals surface area contributed by atoms with E-state index in [0.29, 0.717) is 23.6 Å². The Hall–Kier alpha value is -2.88. The molecule has 3 rings (SSSR count). The van der Waals surface area contributed by atoms with Crippen LogP contribution in [0.25, 0.3) is 6.08 Å². The summed E-state index contributed by atoms with van der Waals surface area (Å²) >= 11 is 0. The molecule has 2 aromatic rings. The average Bonchev–Trinajstić information content (AvgIpc) is 2.87. The molecule has 0 saturated carbocycles. The first-order chi connectivity index (χ1) is 10.7. The molecule has 4 nitrogen and oxygen atoms in total. The van der Waals surface area contributed by atoms with Crippen LogP contribution in [0, 0.1) is 0 Å². The largest absolute Gasteiger partial charge is 0.488 e. The van der Waals surface area contributed by atoms with Crippen LogP contribution in [0.4, 0.5) is 0 Å². The summed E-state index contributed by atoms with van der Waals surface area (Å²) in [6.45, 7) is 2.21. The Balaban J connectivity index is 1.83. The van der Waals surface area contributed by atoms with Gasteiger partial charge in [-0.05, 0) is 24.6 Å². The third-order valence-corrected chi connectivity index (χ3v) is 3.33. The van der Waals surface area contributed by atoms with E-state index in [2.05, 4.69) is 9.99 Å². The lowest BCUT2D eigenvalue weighted by atomic mass is 10.1. The molecule has 2 aromatic carbocycles. The van der Waals surface area contributed by atoms with E-state index in [9.17, 15) is 4.79 Å². The molecule has 0 N–H and O–H groups in total. The number of hydrogen-bond donors (Lipinski definition) is 0. The van der Waals surface area contributed by atoms with E-state index in [1.54, 1.807) is 13.0 Å². The zero-order valence-electron chi connectivity index (χ0n) is 12.2. The molecule has 1 aliphatic heterocycles. The summed E-state index contributed by atoms with van der Waals surface area (Å²) < 4.78 is 5.87. The van der Waals surface area contributed by atoms with Crippen LogP contribution in [0.1, 0.15) is 18.1 Å². The van der Waals surface area contributed by atoms with Crippen molar-refractivity contribution in [3.05, 3.63) is 71.3 Å². The highest BCUT2D eigenvalue weighted by Crippen LogP contribution is 2.24. The predicted octanol–water partition coefficient (Wildman–Crippen LogP) is 3.58. The zero-order valence-corrected chi connectivity index (χ0v) is 12.2. The molecule has 4 heteroatoms. The van der Waals surface area contributed by atoms with Gasteiger partial charge in [0.1, 0.15) is 12.4 Å². The molecule has 0 amide bonds. The van der Waals surface area contributed by atoms with Crippen molar-refractivity contribution in [2.24, 2.45) is 5.16 Å². The number of oxime groups is 1. The van der Waals surface area contributed by atoms with Crippen LogP contribution in [0.5, 0.6) is 5.75 Å². The van der Waals surface area contributed by atoms with Crippen LogP contribution >= 0.6 is 0 Å². The van der Waals surface area contributed by atoms with Gasteiger partial charge in [0.15, 0.2) is 0 Å². The maximum absolute atomic E-state index is 11.6. The van der Waals surface area contributed by atoms with E-state index in [4.69, 9.17) is 4.74 Å². The van der Waals surface area contributed by atoms with Crippen LogP contribution in [-0.2, 0) is 16.2 Å². The molecular formula is C18H15NO3. The predicted molar refractivity (Wildman–Crippen MR) is 84.4 cm³/mol. The molecule has 0 radical (unpaired) electrons. The van der Waals surface area contributed by atoms with Crippen molar-refractivity contribution in [2.45, 2.75) is 13.5 Å². The van der Waals surface area contributed by atoms with Crippen molar-refractivity contribution in [3.8, 4) is 5.75 Å². The number of ether oxygens (including phenoxy) is 1. The summed E-state index contributed by atoms with van der Waals surface area (Å²) in [5.41, 5.74) is 2.93. The number of carbonyl (C=O) groups is 1. The quantitative estimate of drug-likeness (QED) is 0.639. The van der Waals surface area contributed by atoms with E-state index in [-0.39, 0.29) is 0 Å². The van der Waals surface area contributed by atoms with Gasteiger partial charge in [-0.3, -0.25) is 0 Å². The fraction of sp³-hybridized carbons (Fsp3) is 0.111. The molecule has 0 saturated heterocycles.